The van der Waals surface area contributed by atoms with E-state index in [1.54, 1.807) is 0 Å². The van der Waals surface area contributed by atoms with Crippen molar-refractivity contribution in [1.82, 2.24) is 10.2 Å². The number of nitrogens with one attached hydrogen (secondary N) is 1. The topological polar surface area (TPSA) is 37.9 Å². The van der Waals surface area contributed by atoms with Crippen LogP contribution in [0.5, 0.6) is 0 Å². The van der Waals surface area contributed by atoms with Gasteiger partial charge in [-0.2, -0.15) is 5.10 Å². The predicted octanol–water partition coefficient (Wildman–Crippen LogP) is 3.01. The lowest BCUT2D eigenvalue weighted by Crippen LogP contribution is -2.40. The van der Waals surface area contributed by atoms with Gasteiger partial charge in [-0.25, -0.2) is 0 Å². The Bertz CT molecular complexity index is 380. The minimum Gasteiger partial charge on any atom is -0.421 e. The van der Waals surface area contributed by atoms with Gasteiger partial charge >= 0.3 is 6.64 Å². The van der Waals surface area contributed by atoms with Crippen LogP contribution in [0.25, 0.3) is 0 Å². The molecule has 0 spiro atoms. The van der Waals surface area contributed by atoms with Crippen molar-refractivity contribution in [2.75, 3.05) is 0 Å². The Labute approximate surface area is 113 Å². The normalized spacial score (nSPS) is 21.9. The van der Waals surface area contributed by atoms with Crippen molar-refractivity contribution in [3.63, 3.8) is 0 Å². The molecule has 1 N–H and O–H groups in total. The molecule has 0 aliphatic carbocycles. The predicted molar refractivity (Wildman–Crippen MR) is 82.4 cm³/mol. The molecule has 0 radical (unpaired) electrons. The molecule has 102 valence electrons. The molecule has 5 heteroatoms. The maximum absolute atomic E-state index is 6.22. The van der Waals surface area contributed by atoms with Gasteiger partial charge in [0.25, 0.3) is 0 Å². The van der Waals surface area contributed by atoms with Crippen molar-refractivity contribution in [1.29, 1.82) is 0 Å². The van der Waals surface area contributed by atoms with Crippen molar-refractivity contribution in [2.24, 2.45) is 0 Å². The van der Waals surface area contributed by atoms with Gasteiger partial charge in [0.2, 0.25) is 0 Å². The van der Waals surface area contributed by atoms with Crippen LogP contribution in [0.15, 0.2) is 0 Å². The second-order valence-electron chi connectivity index (χ2n) is 5.63. The second kappa shape index (κ2) is 5.34. The summed E-state index contributed by atoms with van der Waals surface area (Å²) in [6.07, 6.45) is 0. The van der Waals surface area contributed by atoms with Crippen molar-refractivity contribution in [3.05, 3.63) is 11.4 Å². The minimum atomic E-state index is -0.0632. The molecule has 1 aliphatic rings. The van der Waals surface area contributed by atoms with Crippen LogP contribution < -0.4 is 5.46 Å². The highest BCUT2D eigenvalue weighted by molar-refractivity contribution is 7.79. The van der Waals surface area contributed by atoms with Crippen LogP contribution in [0, 0.1) is 13.8 Å². The van der Waals surface area contributed by atoms with Crippen LogP contribution in [-0.4, -0.2) is 27.6 Å². The Kier molecular flexibility index (Phi) is 4.67. The Balaban J connectivity index is 0.000000771. The summed E-state index contributed by atoms with van der Waals surface area (Å²) >= 11 is 0. The Morgan fingerprint density at radius 3 is 2.06 bits per heavy atom. The quantitative estimate of drug-likeness (QED) is 0.628. The minimum absolute atomic E-state index is 0.0632. The van der Waals surface area contributed by atoms with Crippen molar-refractivity contribution in [3.8, 4) is 0 Å². The fraction of sp³-hybridized carbons (Fsp3) is 0.769. The number of aryl methyl sites for hydroxylation is 2. The third-order valence-electron chi connectivity index (χ3n) is 3.86. The van der Waals surface area contributed by atoms with Crippen LogP contribution in [0.1, 0.15) is 52.9 Å². The number of H-pyrrole nitrogens is 1. The van der Waals surface area contributed by atoms with Crippen molar-refractivity contribution < 1.29 is 4.65 Å². The summed E-state index contributed by atoms with van der Waals surface area (Å²) in [6, 6.07) is 0. The van der Waals surface area contributed by atoms with E-state index >= 15 is 0 Å². The van der Waals surface area contributed by atoms with Gasteiger partial charge in [-0.1, -0.05) is 27.7 Å². The Hall–Kier alpha value is -0.335. The zero-order chi connectivity index (χ0) is 14.1. The Morgan fingerprint density at radius 2 is 1.72 bits per heavy atom. The SMILES string of the molecule is CC.Cc1n[nH]c(C)c1B1OC(C)(C)C(C)(C)P1. The number of aromatic nitrogens is 2. The Morgan fingerprint density at radius 1 is 1.17 bits per heavy atom. The highest BCUT2D eigenvalue weighted by atomic mass is 31.1. The van der Waals surface area contributed by atoms with Gasteiger partial charge in [0, 0.05) is 10.9 Å². The summed E-state index contributed by atoms with van der Waals surface area (Å²) in [4.78, 5) is 0. The molecule has 0 bridgehead atoms. The highest BCUT2D eigenvalue weighted by Crippen LogP contribution is 2.51. The average molecular weight is 268 g/mol. The standard InChI is InChI=1S/C11H20BN2OP.C2H6/c1-7-9(8(2)14-13-7)12-15-10(3,4)11(5,6)16-12;1-2/h16H,1-6H3,(H,13,14);1-2H3. The first-order chi connectivity index (χ1) is 8.24. The van der Waals surface area contributed by atoms with Crippen molar-refractivity contribution in [2.45, 2.75) is 66.1 Å². The van der Waals surface area contributed by atoms with E-state index in [1.807, 2.05) is 20.8 Å². The molecule has 18 heavy (non-hydrogen) atoms. The zero-order valence-corrected chi connectivity index (χ0v) is 13.9. The number of aromatic amines is 1. The summed E-state index contributed by atoms with van der Waals surface area (Å²) in [5.41, 5.74) is 3.41. The molecule has 1 fully saturated rings. The molecular formula is C13H26BN2OP. The first kappa shape index (κ1) is 15.7. The third-order valence-corrected chi connectivity index (χ3v) is 5.85. The van der Waals surface area contributed by atoms with E-state index in [1.165, 1.54) is 5.46 Å². The molecule has 1 aromatic rings. The van der Waals surface area contributed by atoms with E-state index in [0.29, 0.717) is 0 Å². The maximum atomic E-state index is 6.22. The summed E-state index contributed by atoms with van der Waals surface area (Å²) < 4.78 is 6.22. The number of hydrogen-bond donors (Lipinski definition) is 1. The van der Waals surface area contributed by atoms with Gasteiger partial charge in [-0.15, -0.1) is 8.46 Å². The van der Waals surface area contributed by atoms with Crippen LogP contribution in [0.2, 0.25) is 0 Å². The molecule has 0 saturated carbocycles. The van der Waals surface area contributed by atoms with Gasteiger partial charge in [0.05, 0.1) is 11.3 Å². The van der Waals surface area contributed by atoms with Gasteiger partial charge in [-0.3, -0.25) is 5.10 Å². The maximum Gasteiger partial charge on any atom is 0.357 e. The third kappa shape index (κ3) is 2.65. The lowest BCUT2D eigenvalue weighted by atomic mass is 9.82. The first-order valence-electron chi connectivity index (χ1n) is 6.71. The number of nitrogens with zero attached hydrogens (tertiary/aromatic N) is 1. The number of rotatable bonds is 1. The van der Waals surface area contributed by atoms with E-state index in [-0.39, 0.29) is 17.4 Å². The lowest BCUT2D eigenvalue weighted by Gasteiger charge is -2.33. The molecule has 0 amide bonds. The van der Waals surface area contributed by atoms with E-state index in [9.17, 15) is 0 Å². The zero-order valence-electron chi connectivity index (χ0n) is 12.9. The first-order valence-corrected chi connectivity index (χ1v) is 7.79. The molecule has 1 aliphatic heterocycles. The average Bonchev–Trinajstić information content (AvgIpc) is 2.68. The van der Waals surface area contributed by atoms with E-state index in [0.717, 1.165) is 19.8 Å². The van der Waals surface area contributed by atoms with E-state index in [4.69, 9.17) is 4.65 Å². The smallest absolute Gasteiger partial charge is 0.357 e. The van der Waals surface area contributed by atoms with Crippen molar-refractivity contribution >= 4 is 20.6 Å². The number of hydrogen-bond acceptors (Lipinski definition) is 2. The van der Waals surface area contributed by atoms with Gasteiger partial charge in [-0.05, 0) is 33.2 Å². The molecule has 1 saturated heterocycles. The van der Waals surface area contributed by atoms with Gasteiger partial charge in [0.15, 0.2) is 0 Å². The molecule has 1 aromatic heterocycles. The van der Waals surface area contributed by atoms with Crippen LogP contribution in [-0.2, 0) is 4.65 Å². The molecule has 0 aromatic carbocycles. The summed E-state index contributed by atoms with van der Waals surface area (Å²) in [5, 5.41) is 7.53. The van der Waals surface area contributed by atoms with Crippen LogP contribution >= 0.6 is 8.46 Å². The van der Waals surface area contributed by atoms with Gasteiger partial charge < -0.3 is 4.65 Å². The molecule has 1 unspecified atom stereocenters. The van der Waals surface area contributed by atoms with Crippen LogP contribution in [0.4, 0.5) is 0 Å². The monoisotopic (exact) mass is 268 g/mol. The molecule has 1 atom stereocenters. The van der Waals surface area contributed by atoms with E-state index in [2.05, 4.69) is 44.8 Å². The van der Waals surface area contributed by atoms with Crippen LogP contribution in [0.3, 0.4) is 0 Å². The largest absolute Gasteiger partial charge is 0.421 e. The molecular weight excluding hydrogens is 242 g/mol. The lowest BCUT2D eigenvalue weighted by molar-refractivity contribution is 0.0933. The molecule has 2 heterocycles. The molecule has 3 nitrogen and oxygen atoms in total. The highest BCUT2D eigenvalue weighted by Gasteiger charge is 2.50. The van der Waals surface area contributed by atoms with E-state index < -0.39 is 0 Å². The summed E-state index contributed by atoms with van der Waals surface area (Å²) in [6.45, 7) is 17.3. The summed E-state index contributed by atoms with van der Waals surface area (Å²) in [7, 11) is 0.783. The van der Waals surface area contributed by atoms with Gasteiger partial charge in [0.1, 0.15) is 0 Å². The fourth-order valence-corrected chi connectivity index (χ4v) is 4.04. The fourth-order valence-electron chi connectivity index (χ4n) is 2.05. The summed E-state index contributed by atoms with van der Waals surface area (Å²) in [5.74, 6) is 0. The second-order valence-corrected chi connectivity index (χ2v) is 7.69. The molecule has 2 rings (SSSR count).